The highest BCUT2D eigenvalue weighted by Gasteiger charge is 2.56. The fourth-order valence-electron chi connectivity index (χ4n) is 3.07. The van der Waals surface area contributed by atoms with Crippen LogP contribution in [0, 0.1) is 17.8 Å². The van der Waals surface area contributed by atoms with E-state index in [1.807, 2.05) is 0 Å². The number of aliphatic hydroxyl groups is 2. The number of ether oxygens (including phenoxy) is 2. The SMILES string of the molecule is COC1OC(=O)C(CO)C2CCC(C)(O)C12. The minimum atomic E-state index is -0.889. The molecule has 16 heavy (non-hydrogen) atoms. The molecule has 0 aromatic carbocycles. The summed E-state index contributed by atoms with van der Waals surface area (Å²) in [6, 6.07) is 0. The molecule has 5 atom stereocenters. The van der Waals surface area contributed by atoms with E-state index in [2.05, 4.69) is 0 Å². The second kappa shape index (κ2) is 3.98. The Balaban J connectivity index is 2.28. The molecule has 1 saturated carbocycles. The van der Waals surface area contributed by atoms with Crippen molar-refractivity contribution < 1.29 is 24.5 Å². The van der Waals surface area contributed by atoms with Crippen molar-refractivity contribution in [1.82, 2.24) is 0 Å². The number of fused-ring (bicyclic) bond motifs is 1. The van der Waals surface area contributed by atoms with Gasteiger partial charge in [0.05, 0.1) is 24.0 Å². The van der Waals surface area contributed by atoms with Crippen LogP contribution in [0.1, 0.15) is 19.8 Å². The van der Waals surface area contributed by atoms with Gasteiger partial charge in [0.25, 0.3) is 0 Å². The van der Waals surface area contributed by atoms with Gasteiger partial charge in [0.2, 0.25) is 6.29 Å². The van der Waals surface area contributed by atoms with Crippen LogP contribution >= 0.6 is 0 Å². The van der Waals surface area contributed by atoms with Gasteiger partial charge in [-0.15, -0.1) is 0 Å². The molecule has 5 heteroatoms. The van der Waals surface area contributed by atoms with Crippen molar-refractivity contribution in [3.63, 3.8) is 0 Å². The van der Waals surface area contributed by atoms with Crippen LogP contribution in [0.5, 0.6) is 0 Å². The molecular weight excluding hydrogens is 212 g/mol. The van der Waals surface area contributed by atoms with Gasteiger partial charge in [-0.05, 0) is 25.7 Å². The van der Waals surface area contributed by atoms with Gasteiger partial charge < -0.3 is 19.7 Å². The molecule has 0 aromatic rings. The standard InChI is InChI=1S/C11H18O5/c1-11(14)4-3-6-7(5-12)9(13)16-10(15-2)8(6)11/h6-8,10,12,14H,3-5H2,1-2H3. The van der Waals surface area contributed by atoms with Crippen molar-refractivity contribution in [2.24, 2.45) is 17.8 Å². The molecule has 1 saturated heterocycles. The summed E-state index contributed by atoms with van der Waals surface area (Å²) in [5, 5.41) is 19.5. The number of hydrogen-bond donors (Lipinski definition) is 2. The summed E-state index contributed by atoms with van der Waals surface area (Å²) in [7, 11) is 1.46. The first-order chi connectivity index (χ1) is 7.51. The zero-order chi connectivity index (χ0) is 11.9. The first-order valence-electron chi connectivity index (χ1n) is 5.58. The molecular formula is C11H18O5. The third kappa shape index (κ3) is 1.63. The molecule has 2 aliphatic rings. The van der Waals surface area contributed by atoms with Crippen molar-refractivity contribution in [2.75, 3.05) is 13.7 Å². The normalized spacial score (nSPS) is 47.6. The molecule has 0 amide bonds. The fourth-order valence-corrected chi connectivity index (χ4v) is 3.07. The van der Waals surface area contributed by atoms with Crippen LogP contribution in [-0.4, -0.2) is 41.8 Å². The van der Waals surface area contributed by atoms with Crippen molar-refractivity contribution in [1.29, 1.82) is 0 Å². The summed E-state index contributed by atoms with van der Waals surface area (Å²) >= 11 is 0. The lowest BCUT2D eigenvalue weighted by atomic mass is 9.77. The number of hydrogen-bond acceptors (Lipinski definition) is 5. The van der Waals surface area contributed by atoms with Crippen LogP contribution < -0.4 is 0 Å². The Bertz CT molecular complexity index is 288. The Labute approximate surface area is 94.4 Å². The smallest absolute Gasteiger partial charge is 0.313 e. The number of cyclic esters (lactones) is 1. The quantitative estimate of drug-likeness (QED) is 0.648. The first-order valence-corrected chi connectivity index (χ1v) is 5.58. The minimum Gasteiger partial charge on any atom is -0.435 e. The third-order valence-corrected chi connectivity index (χ3v) is 3.94. The lowest BCUT2D eigenvalue weighted by molar-refractivity contribution is -0.232. The average molecular weight is 230 g/mol. The fraction of sp³-hybridized carbons (Fsp3) is 0.909. The maximum absolute atomic E-state index is 11.6. The maximum Gasteiger partial charge on any atom is 0.313 e. The van der Waals surface area contributed by atoms with Gasteiger partial charge >= 0.3 is 5.97 Å². The predicted molar refractivity (Wildman–Crippen MR) is 54.3 cm³/mol. The molecule has 5 unspecified atom stereocenters. The lowest BCUT2D eigenvalue weighted by Crippen LogP contribution is -2.51. The number of carbonyl (C=O) groups is 1. The second-order valence-corrected chi connectivity index (χ2v) is 4.92. The molecule has 2 rings (SSSR count). The van der Waals surface area contributed by atoms with E-state index < -0.39 is 23.8 Å². The monoisotopic (exact) mass is 230 g/mol. The molecule has 92 valence electrons. The van der Waals surface area contributed by atoms with Gasteiger partial charge in [0, 0.05) is 7.11 Å². The van der Waals surface area contributed by atoms with E-state index in [9.17, 15) is 15.0 Å². The Kier molecular flexibility index (Phi) is 2.94. The predicted octanol–water partition coefficient (Wildman–Crippen LogP) is -0.0986. The zero-order valence-corrected chi connectivity index (χ0v) is 9.55. The van der Waals surface area contributed by atoms with Crippen LogP contribution in [-0.2, 0) is 14.3 Å². The van der Waals surface area contributed by atoms with Crippen LogP contribution in [0.25, 0.3) is 0 Å². The Morgan fingerprint density at radius 1 is 1.62 bits per heavy atom. The van der Waals surface area contributed by atoms with Crippen LogP contribution in [0.2, 0.25) is 0 Å². The molecule has 0 spiro atoms. The maximum atomic E-state index is 11.6. The van der Waals surface area contributed by atoms with E-state index in [1.165, 1.54) is 7.11 Å². The highest BCUT2D eigenvalue weighted by atomic mass is 16.7. The Morgan fingerprint density at radius 3 is 2.88 bits per heavy atom. The van der Waals surface area contributed by atoms with E-state index >= 15 is 0 Å². The molecule has 1 aliphatic heterocycles. The molecule has 1 aliphatic carbocycles. The Hall–Kier alpha value is -0.650. The van der Waals surface area contributed by atoms with Crippen LogP contribution in [0.4, 0.5) is 0 Å². The van der Waals surface area contributed by atoms with Crippen molar-refractivity contribution >= 4 is 5.97 Å². The number of esters is 1. The van der Waals surface area contributed by atoms with Gasteiger partial charge in [-0.3, -0.25) is 4.79 Å². The number of aliphatic hydroxyl groups excluding tert-OH is 1. The van der Waals surface area contributed by atoms with Gasteiger partial charge in [0.15, 0.2) is 0 Å². The van der Waals surface area contributed by atoms with Crippen LogP contribution in [0.15, 0.2) is 0 Å². The van der Waals surface area contributed by atoms with Crippen LogP contribution in [0.3, 0.4) is 0 Å². The number of carbonyl (C=O) groups excluding carboxylic acids is 1. The summed E-state index contributed by atoms with van der Waals surface area (Å²) in [5.41, 5.74) is -0.889. The van der Waals surface area contributed by atoms with E-state index in [0.717, 1.165) is 6.42 Å². The van der Waals surface area contributed by atoms with E-state index in [4.69, 9.17) is 9.47 Å². The van der Waals surface area contributed by atoms with E-state index in [-0.39, 0.29) is 18.4 Å². The van der Waals surface area contributed by atoms with Gasteiger partial charge in [-0.25, -0.2) is 0 Å². The minimum absolute atomic E-state index is 0.0498. The number of methoxy groups -OCH3 is 1. The highest BCUT2D eigenvalue weighted by Crippen LogP contribution is 2.49. The van der Waals surface area contributed by atoms with Gasteiger partial charge in [0.1, 0.15) is 0 Å². The molecule has 2 fully saturated rings. The molecule has 0 bridgehead atoms. The topological polar surface area (TPSA) is 76.0 Å². The summed E-state index contributed by atoms with van der Waals surface area (Å²) in [6.07, 6.45) is 0.630. The summed E-state index contributed by atoms with van der Waals surface area (Å²) < 4.78 is 10.2. The highest BCUT2D eigenvalue weighted by molar-refractivity contribution is 5.74. The Morgan fingerprint density at radius 2 is 2.31 bits per heavy atom. The van der Waals surface area contributed by atoms with Crippen molar-refractivity contribution in [3.05, 3.63) is 0 Å². The van der Waals surface area contributed by atoms with Gasteiger partial charge in [-0.2, -0.15) is 0 Å². The summed E-state index contributed by atoms with van der Waals surface area (Å²) in [4.78, 5) is 11.6. The lowest BCUT2D eigenvalue weighted by Gasteiger charge is -2.41. The number of rotatable bonds is 2. The first kappa shape index (κ1) is 11.8. The molecule has 1 heterocycles. The summed E-state index contributed by atoms with van der Waals surface area (Å²) in [6.45, 7) is 1.50. The van der Waals surface area contributed by atoms with E-state index in [1.54, 1.807) is 6.92 Å². The van der Waals surface area contributed by atoms with E-state index in [0.29, 0.717) is 6.42 Å². The molecule has 0 aromatic heterocycles. The zero-order valence-electron chi connectivity index (χ0n) is 9.55. The van der Waals surface area contributed by atoms with Crippen molar-refractivity contribution in [2.45, 2.75) is 31.7 Å². The largest absolute Gasteiger partial charge is 0.435 e. The van der Waals surface area contributed by atoms with Crippen molar-refractivity contribution in [3.8, 4) is 0 Å². The second-order valence-electron chi connectivity index (χ2n) is 4.92. The van der Waals surface area contributed by atoms with Gasteiger partial charge in [-0.1, -0.05) is 0 Å². The molecule has 2 N–H and O–H groups in total. The third-order valence-electron chi connectivity index (χ3n) is 3.94. The summed E-state index contributed by atoms with van der Waals surface area (Å²) in [5.74, 6) is -1.24. The molecule has 0 radical (unpaired) electrons. The molecule has 5 nitrogen and oxygen atoms in total. The average Bonchev–Trinajstić information content (AvgIpc) is 2.54.